The van der Waals surface area contributed by atoms with Crippen molar-refractivity contribution < 1.29 is 9.18 Å². The molecule has 3 nitrogen and oxygen atoms in total. The monoisotopic (exact) mass is 286 g/mol. The van der Waals surface area contributed by atoms with Crippen molar-refractivity contribution >= 4 is 28.2 Å². The molecule has 0 fully saturated rings. The van der Waals surface area contributed by atoms with Gasteiger partial charge in [-0.05, 0) is 24.6 Å². The van der Waals surface area contributed by atoms with Crippen molar-refractivity contribution in [3.63, 3.8) is 0 Å². The fraction of sp³-hybridized carbons (Fsp3) is 0.273. The highest BCUT2D eigenvalue weighted by Crippen LogP contribution is 2.20. The molecule has 0 unspecified atom stereocenters. The van der Waals surface area contributed by atoms with Gasteiger partial charge in [0.2, 0.25) is 0 Å². The van der Waals surface area contributed by atoms with E-state index in [9.17, 15) is 9.18 Å². The summed E-state index contributed by atoms with van der Waals surface area (Å²) in [7, 11) is 3.47. The van der Waals surface area contributed by atoms with E-state index in [-0.39, 0.29) is 5.56 Å². The summed E-state index contributed by atoms with van der Waals surface area (Å²) in [6, 6.07) is 2.75. The molecule has 86 valence electrons. The number of carbonyl (C=O) groups is 1. The minimum absolute atomic E-state index is 0.0150. The Hall–Kier alpha value is -1.23. The Bertz CT molecular complexity index is 444. The number of hydrogen-bond donors (Lipinski definition) is 0. The summed E-state index contributed by atoms with van der Waals surface area (Å²) in [5.74, 6) is -1.15. The molecule has 5 heteroatoms. The number of nitrogens with zero attached hydrogens (tertiary/aromatic N) is 2. The number of amides is 1. The minimum Gasteiger partial charge on any atom is -0.369 e. The van der Waals surface area contributed by atoms with Crippen molar-refractivity contribution in [1.82, 2.24) is 4.90 Å². The Labute approximate surface area is 102 Å². The molecule has 0 aliphatic carbocycles. The van der Waals surface area contributed by atoms with Crippen LogP contribution >= 0.6 is 15.9 Å². The molecule has 0 heterocycles. The smallest absolute Gasteiger partial charge is 0.281 e. The van der Waals surface area contributed by atoms with Gasteiger partial charge >= 0.3 is 0 Å². The summed E-state index contributed by atoms with van der Waals surface area (Å²) < 4.78 is 14.1. The maximum atomic E-state index is 13.5. The number of hydrogen-bond acceptors (Lipinski definition) is 1. The van der Waals surface area contributed by atoms with Crippen LogP contribution in [0.1, 0.15) is 15.9 Å². The van der Waals surface area contributed by atoms with Crippen LogP contribution in [0.25, 0.3) is 0 Å². The molecular weight excluding hydrogens is 275 g/mol. The first-order valence-electron chi connectivity index (χ1n) is 4.62. The van der Waals surface area contributed by atoms with Gasteiger partial charge in [-0.2, -0.15) is 4.99 Å². The third-order valence-corrected chi connectivity index (χ3v) is 2.74. The summed E-state index contributed by atoms with van der Waals surface area (Å²) in [6.07, 6.45) is 1.35. The van der Waals surface area contributed by atoms with E-state index in [4.69, 9.17) is 0 Å². The number of carbonyl (C=O) groups excluding carboxylic acids is 1. The number of halogens is 2. The molecule has 0 saturated heterocycles. The van der Waals surface area contributed by atoms with Crippen molar-refractivity contribution in [2.45, 2.75) is 6.92 Å². The molecule has 1 amide bonds. The van der Waals surface area contributed by atoms with E-state index in [1.165, 1.54) is 18.5 Å². The highest BCUT2D eigenvalue weighted by atomic mass is 79.9. The average molecular weight is 287 g/mol. The number of rotatable bonds is 2. The largest absolute Gasteiger partial charge is 0.369 e. The molecule has 0 saturated carbocycles. The fourth-order valence-electron chi connectivity index (χ4n) is 1.06. The summed E-state index contributed by atoms with van der Waals surface area (Å²) in [5.41, 5.74) is 0.781. The van der Waals surface area contributed by atoms with Gasteiger partial charge in [-0.1, -0.05) is 15.9 Å². The third kappa shape index (κ3) is 3.13. The molecule has 0 atom stereocenters. The van der Waals surface area contributed by atoms with Crippen LogP contribution in [0.5, 0.6) is 0 Å². The molecule has 0 radical (unpaired) electrons. The molecule has 0 spiro atoms. The van der Waals surface area contributed by atoms with Crippen LogP contribution < -0.4 is 0 Å². The van der Waals surface area contributed by atoms with Crippen LogP contribution in [-0.4, -0.2) is 31.2 Å². The second-order valence-electron chi connectivity index (χ2n) is 3.59. The Morgan fingerprint density at radius 3 is 2.69 bits per heavy atom. The molecule has 0 N–H and O–H groups in total. The quantitative estimate of drug-likeness (QED) is 0.618. The zero-order valence-corrected chi connectivity index (χ0v) is 10.9. The predicted molar refractivity (Wildman–Crippen MR) is 65.3 cm³/mol. The van der Waals surface area contributed by atoms with Gasteiger partial charge in [0.15, 0.2) is 0 Å². The summed E-state index contributed by atoms with van der Waals surface area (Å²) in [4.78, 5) is 16.8. The van der Waals surface area contributed by atoms with E-state index in [2.05, 4.69) is 20.9 Å². The van der Waals surface area contributed by atoms with Crippen LogP contribution in [0.2, 0.25) is 0 Å². The zero-order valence-electron chi connectivity index (χ0n) is 9.29. The lowest BCUT2D eigenvalue weighted by Crippen LogP contribution is -2.10. The molecule has 1 aromatic rings. The highest BCUT2D eigenvalue weighted by Gasteiger charge is 2.12. The molecule has 0 aliphatic rings. The van der Waals surface area contributed by atoms with E-state index in [0.717, 1.165) is 5.56 Å². The summed E-state index contributed by atoms with van der Waals surface area (Å²) >= 11 is 3.19. The van der Waals surface area contributed by atoms with Crippen molar-refractivity contribution in [2.24, 2.45) is 4.99 Å². The second-order valence-corrected chi connectivity index (χ2v) is 4.45. The zero-order chi connectivity index (χ0) is 12.3. The first kappa shape index (κ1) is 12.8. The molecule has 1 aromatic carbocycles. The van der Waals surface area contributed by atoms with E-state index in [0.29, 0.717) is 4.47 Å². The number of aryl methyl sites for hydroxylation is 1. The average Bonchev–Trinajstić information content (AvgIpc) is 2.20. The van der Waals surface area contributed by atoms with Crippen LogP contribution in [0.15, 0.2) is 21.6 Å². The Morgan fingerprint density at radius 2 is 2.12 bits per heavy atom. The normalized spacial score (nSPS) is 10.8. The first-order valence-corrected chi connectivity index (χ1v) is 5.41. The minimum atomic E-state index is -0.582. The van der Waals surface area contributed by atoms with Gasteiger partial charge in [0, 0.05) is 18.6 Å². The van der Waals surface area contributed by atoms with Crippen LogP contribution in [0.3, 0.4) is 0 Å². The molecule has 0 aliphatic heterocycles. The van der Waals surface area contributed by atoms with Crippen molar-refractivity contribution in [1.29, 1.82) is 0 Å². The predicted octanol–water partition coefficient (Wildman–Crippen LogP) is 2.63. The summed E-state index contributed by atoms with van der Waals surface area (Å²) in [5, 5.41) is 0. The van der Waals surface area contributed by atoms with Crippen molar-refractivity contribution in [3.05, 3.63) is 33.5 Å². The Balaban J connectivity index is 3.05. The standard InChI is InChI=1S/C11H12BrFN2O/c1-7-4-8(10(13)5-9(7)12)11(16)14-6-15(2)3/h4-6H,1-3H3/b14-6-. The first-order chi connectivity index (χ1) is 7.41. The van der Waals surface area contributed by atoms with E-state index >= 15 is 0 Å². The Morgan fingerprint density at radius 1 is 1.50 bits per heavy atom. The SMILES string of the molecule is Cc1cc(C(=O)/N=C\N(C)C)c(F)cc1Br. The van der Waals surface area contributed by atoms with Gasteiger partial charge < -0.3 is 4.90 Å². The molecule has 1 rings (SSSR count). The number of benzene rings is 1. The Kier molecular flexibility index (Phi) is 4.18. The maximum Gasteiger partial charge on any atom is 0.281 e. The van der Waals surface area contributed by atoms with Crippen LogP contribution in [0, 0.1) is 12.7 Å². The maximum absolute atomic E-state index is 13.5. The van der Waals surface area contributed by atoms with Gasteiger partial charge in [-0.25, -0.2) is 4.39 Å². The molecule has 0 bridgehead atoms. The van der Waals surface area contributed by atoms with Gasteiger partial charge in [-0.3, -0.25) is 4.79 Å². The molecular formula is C11H12BrFN2O. The van der Waals surface area contributed by atoms with Crippen LogP contribution in [-0.2, 0) is 0 Å². The van der Waals surface area contributed by atoms with Gasteiger partial charge in [-0.15, -0.1) is 0 Å². The molecule has 0 aromatic heterocycles. The van der Waals surface area contributed by atoms with Gasteiger partial charge in [0.05, 0.1) is 11.9 Å². The lowest BCUT2D eigenvalue weighted by Gasteiger charge is -2.04. The lowest BCUT2D eigenvalue weighted by molar-refractivity contribution is 0.0998. The van der Waals surface area contributed by atoms with Gasteiger partial charge in [0.1, 0.15) is 5.82 Å². The number of aliphatic imine (C=N–C) groups is 1. The topological polar surface area (TPSA) is 32.7 Å². The second kappa shape index (κ2) is 5.21. The van der Waals surface area contributed by atoms with Crippen molar-refractivity contribution in [2.75, 3.05) is 14.1 Å². The fourth-order valence-corrected chi connectivity index (χ4v) is 1.37. The van der Waals surface area contributed by atoms with Crippen molar-refractivity contribution in [3.8, 4) is 0 Å². The lowest BCUT2D eigenvalue weighted by atomic mass is 10.1. The van der Waals surface area contributed by atoms with Gasteiger partial charge in [0.25, 0.3) is 5.91 Å². The molecule has 16 heavy (non-hydrogen) atoms. The third-order valence-electron chi connectivity index (χ3n) is 1.88. The van der Waals surface area contributed by atoms with E-state index in [1.54, 1.807) is 25.9 Å². The van der Waals surface area contributed by atoms with Crippen LogP contribution in [0.4, 0.5) is 4.39 Å². The van der Waals surface area contributed by atoms with E-state index < -0.39 is 11.7 Å². The summed E-state index contributed by atoms with van der Waals surface area (Å²) in [6.45, 7) is 1.79. The van der Waals surface area contributed by atoms with E-state index in [1.807, 2.05) is 0 Å². The highest BCUT2D eigenvalue weighted by molar-refractivity contribution is 9.10.